The molecular formula is C23H40F2O5. The monoisotopic (exact) mass is 434 g/mol. The number of unbranched alkanes of at least 4 members (excludes halogenated alkanes) is 4. The lowest BCUT2D eigenvalue weighted by molar-refractivity contribution is -0.302. The van der Waals surface area contributed by atoms with Crippen LogP contribution in [0.1, 0.15) is 104 Å². The molecule has 0 heterocycles. The van der Waals surface area contributed by atoms with Crippen molar-refractivity contribution in [3.05, 3.63) is 0 Å². The minimum absolute atomic E-state index is 0.0702. The molecule has 0 radical (unpaired) electrons. The average molecular weight is 435 g/mol. The number of halogens is 2. The molecule has 0 aromatic carbocycles. The van der Waals surface area contributed by atoms with E-state index in [0.29, 0.717) is 32.1 Å². The Morgan fingerprint density at radius 3 is 2.40 bits per heavy atom. The Kier molecular flexibility index (Phi) is 11.4. The average Bonchev–Trinajstić information content (AvgIpc) is 3.00. The van der Waals surface area contributed by atoms with E-state index < -0.39 is 24.6 Å². The van der Waals surface area contributed by atoms with Gasteiger partial charge in [-0.3, -0.25) is 9.59 Å². The van der Waals surface area contributed by atoms with Crippen molar-refractivity contribution in [1.82, 2.24) is 0 Å². The molecule has 1 saturated carbocycles. The molecule has 2 N–H and O–H groups in total. The first kappa shape index (κ1) is 27.0. The quantitative estimate of drug-likeness (QED) is 0.211. The molecule has 1 aliphatic carbocycles. The summed E-state index contributed by atoms with van der Waals surface area (Å²) in [7, 11) is 0. The van der Waals surface area contributed by atoms with Crippen LogP contribution in [0.15, 0.2) is 0 Å². The molecule has 176 valence electrons. The van der Waals surface area contributed by atoms with E-state index in [1.165, 1.54) is 0 Å². The molecule has 30 heavy (non-hydrogen) atoms. The molecule has 0 saturated heterocycles. The first-order valence-corrected chi connectivity index (χ1v) is 11.5. The topological polar surface area (TPSA) is 83.8 Å². The van der Waals surface area contributed by atoms with Crippen molar-refractivity contribution in [2.45, 2.75) is 122 Å². The van der Waals surface area contributed by atoms with E-state index in [-0.39, 0.29) is 42.5 Å². The second kappa shape index (κ2) is 12.7. The van der Waals surface area contributed by atoms with Crippen LogP contribution in [0, 0.1) is 11.8 Å². The molecule has 5 nitrogen and oxygen atoms in total. The van der Waals surface area contributed by atoms with E-state index in [1.807, 2.05) is 13.8 Å². The number of esters is 1. The predicted molar refractivity (Wildman–Crippen MR) is 111 cm³/mol. The van der Waals surface area contributed by atoms with Crippen molar-refractivity contribution in [3.63, 3.8) is 0 Å². The summed E-state index contributed by atoms with van der Waals surface area (Å²) in [5, 5.41) is 19.9. The van der Waals surface area contributed by atoms with E-state index >= 15 is 0 Å². The molecule has 1 aliphatic rings. The zero-order valence-corrected chi connectivity index (χ0v) is 18.8. The predicted octanol–water partition coefficient (Wildman–Crippen LogP) is 5.16. The van der Waals surface area contributed by atoms with E-state index in [9.17, 15) is 28.6 Å². The molecule has 0 bridgehead atoms. The number of hydrogen-bond donors (Lipinski definition) is 2. The van der Waals surface area contributed by atoms with Gasteiger partial charge >= 0.3 is 5.97 Å². The fourth-order valence-electron chi connectivity index (χ4n) is 4.20. The summed E-state index contributed by atoms with van der Waals surface area (Å²) in [5.74, 6) is -6.86. The maximum atomic E-state index is 14.1. The SMILES string of the molecule is CCCCC(F)(F)C(O)(O)CCC1CCC(=O)C1CCCCCCC(=O)OC(C)C. The van der Waals surface area contributed by atoms with Gasteiger partial charge in [-0.05, 0) is 51.9 Å². The van der Waals surface area contributed by atoms with Gasteiger partial charge in [-0.15, -0.1) is 0 Å². The standard InChI is InChI=1S/C23H40F2O5/c1-4-5-15-22(24,25)23(28,29)16-14-18-12-13-20(26)19(18)10-8-6-7-9-11-21(27)30-17(2)3/h17-19,28-29H,4-16H2,1-3H3. The fraction of sp³-hybridized carbons (Fsp3) is 0.913. The number of carbonyl (C=O) groups excluding carboxylic acids is 2. The maximum absolute atomic E-state index is 14.1. The molecule has 0 aromatic heterocycles. The smallest absolute Gasteiger partial charge is 0.306 e. The minimum atomic E-state index is -3.54. The zero-order valence-electron chi connectivity index (χ0n) is 18.8. The van der Waals surface area contributed by atoms with Crippen molar-refractivity contribution in [2.75, 3.05) is 0 Å². The first-order valence-electron chi connectivity index (χ1n) is 11.5. The summed E-state index contributed by atoms with van der Waals surface area (Å²) in [5.41, 5.74) is 0. The number of aliphatic hydroxyl groups is 2. The van der Waals surface area contributed by atoms with Crippen LogP contribution in [0.3, 0.4) is 0 Å². The first-order chi connectivity index (χ1) is 14.0. The fourth-order valence-corrected chi connectivity index (χ4v) is 4.20. The maximum Gasteiger partial charge on any atom is 0.306 e. The van der Waals surface area contributed by atoms with Gasteiger partial charge in [-0.2, -0.15) is 0 Å². The van der Waals surface area contributed by atoms with Gasteiger partial charge in [-0.1, -0.05) is 32.6 Å². The highest BCUT2D eigenvalue weighted by Crippen LogP contribution is 2.40. The molecular weight excluding hydrogens is 394 g/mol. The lowest BCUT2D eigenvalue weighted by atomic mass is 9.84. The molecule has 0 spiro atoms. The molecule has 2 unspecified atom stereocenters. The van der Waals surface area contributed by atoms with Crippen LogP contribution in [0.2, 0.25) is 0 Å². The third-order valence-corrected chi connectivity index (χ3v) is 6.05. The largest absolute Gasteiger partial charge is 0.463 e. The van der Waals surface area contributed by atoms with E-state index in [1.54, 1.807) is 6.92 Å². The van der Waals surface area contributed by atoms with Crippen LogP contribution < -0.4 is 0 Å². The second-order valence-corrected chi connectivity index (χ2v) is 9.03. The number of alkyl halides is 2. The third-order valence-electron chi connectivity index (χ3n) is 6.05. The van der Waals surface area contributed by atoms with Crippen LogP contribution >= 0.6 is 0 Å². The molecule has 1 rings (SSSR count). The Balaban J connectivity index is 2.37. The van der Waals surface area contributed by atoms with E-state index in [4.69, 9.17) is 4.74 Å². The normalized spacial score (nSPS) is 20.2. The minimum Gasteiger partial charge on any atom is -0.463 e. The van der Waals surface area contributed by atoms with Crippen LogP contribution in [-0.2, 0) is 14.3 Å². The number of Topliss-reactive ketones (excluding diaryl/α,β-unsaturated/α-hetero) is 1. The second-order valence-electron chi connectivity index (χ2n) is 9.03. The highest BCUT2D eigenvalue weighted by Gasteiger charge is 2.51. The molecule has 0 aliphatic heterocycles. The van der Waals surface area contributed by atoms with Crippen molar-refractivity contribution in [3.8, 4) is 0 Å². The summed E-state index contributed by atoms with van der Waals surface area (Å²) >= 11 is 0. The summed E-state index contributed by atoms with van der Waals surface area (Å²) in [6, 6.07) is 0. The van der Waals surface area contributed by atoms with Gasteiger partial charge in [0.15, 0.2) is 0 Å². The summed E-state index contributed by atoms with van der Waals surface area (Å²) in [6.45, 7) is 5.41. The number of carbonyl (C=O) groups is 2. The van der Waals surface area contributed by atoms with Crippen molar-refractivity contribution in [1.29, 1.82) is 0 Å². The van der Waals surface area contributed by atoms with Crippen molar-refractivity contribution < 1.29 is 33.3 Å². The van der Waals surface area contributed by atoms with Gasteiger partial charge in [0.05, 0.1) is 6.10 Å². The third kappa shape index (κ3) is 8.96. The molecule has 0 amide bonds. The lowest BCUT2D eigenvalue weighted by Crippen LogP contribution is -2.48. The number of ketones is 1. The van der Waals surface area contributed by atoms with Crippen LogP contribution in [-0.4, -0.2) is 39.8 Å². The summed E-state index contributed by atoms with van der Waals surface area (Å²) in [4.78, 5) is 23.7. The summed E-state index contributed by atoms with van der Waals surface area (Å²) in [6.07, 6.45) is 5.43. The van der Waals surface area contributed by atoms with Gasteiger partial charge in [-0.25, -0.2) is 8.78 Å². The van der Waals surface area contributed by atoms with Gasteiger partial charge in [0.2, 0.25) is 5.79 Å². The molecule has 2 atom stereocenters. The van der Waals surface area contributed by atoms with Crippen LogP contribution in [0.5, 0.6) is 0 Å². The Bertz CT molecular complexity index is 534. The number of ether oxygens (including phenoxy) is 1. The summed E-state index contributed by atoms with van der Waals surface area (Å²) < 4.78 is 33.3. The number of rotatable bonds is 15. The highest BCUT2D eigenvalue weighted by atomic mass is 19.3. The van der Waals surface area contributed by atoms with E-state index in [2.05, 4.69) is 0 Å². The Morgan fingerprint density at radius 1 is 1.10 bits per heavy atom. The highest BCUT2D eigenvalue weighted by molar-refractivity contribution is 5.83. The van der Waals surface area contributed by atoms with Crippen molar-refractivity contribution >= 4 is 11.8 Å². The van der Waals surface area contributed by atoms with Gasteiger partial charge in [0.25, 0.3) is 5.92 Å². The van der Waals surface area contributed by atoms with Gasteiger partial charge in [0.1, 0.15) is 5.78 Å². The number of hydrogen-bond acceptors (Lipinski definition) is 5. The van der Waals surface area contributed by atoms with E-state index in [0.717, 1.165) is 25.7 Å². The molecule has 0 aromatic rings. The Morgan fingerprint density at radius 2 is 1.77 bits per heavy atom. The zero-order chi connectivity index (χ0) is 22.8. The Hall–Kier alpha value is -1.08. The van der Waals surface area contributed by atoms with Gasteiger partial charge < -0.3 is 14.9 Å². The Labute approximate surface area is 179 Å². The van der Waals surface area contributed by atoms with Crippen molar-refractivity contribution in [2.24, 2.45) is 11.8 Å². The van der Waals surface area contributed by atoms with Crippen LogP contribution in [0.4, 0.5) is 8.78 Å². The van der Waals surface area contributed by atoms with Gasteiger partial charge in [0, 0.05) is 31.6 Å². The molecule has 7 heteroatoms. The molecule has 1 fully saturated rings. The lowest BCUT2D eigenvalue weighted by Gasteiger charge is -2.32. The van der Waals surface area contributed by atoms with Crippen LogP contribution in [0.25, 0.3) is 0 Å².